The standard InChI is InChI=1S/C13H15F3N2O4S/c14-13(15,16)9-17-12(19)10-1-3-11(4-2-10)23(20,21)18-5-7-22-8-6-18/h1-4H,5-9H2,(H,17,19). The number of halogens is 3. The molecule has 6 nitrogen and oxygen atoms in total. The van der Waals surface area contributed by atoms with E-state index in [-0.39, 0.29) is 23.5 Å². The number of ether oxygens (including phenoxy) is 1. The molecule has 2 rings (SSSR count). The van der Waals surface area contributed by atoms with E-state index in [9.17, 15) is 26.4 Å². The predicted octanol–water partition coefficient (Wildman–Crippen LogP) is 1.000. The Morgan fingerprint density at radius 1 is 1.17 bits per heavy atom. The van der Waals surface area contributed by atoms with Gasteiger partial charge in [0.2, 0.25) is 10.0 Å². The summed E-state index contributed by atoms with van der Waals surface area (Å²) in [6.07, 6.45) is -4.50. The summed E-state index contributed by atoms with van der Waals surface area (Å²) in [4.78, 5) is 11.5. The minimum Gasteiger partial charge on any atom is -0.379 e. The van der Waals surface area contributed by atoms with Gasteiger partial charge in [-0.3, -0.25) is 4.79 Å². The number of nitrogens with one attached hydrogen (secondary N) is 1. The Morgan fingerprint density at radius 3 is 2.26 bits per heavy atom. The number of sulfonamides is 1. The second-order valence-corrected chi connectivity index (χ2v) is 6.78. The van der Waals surface area contributed by atoms with Crippen molar-refractivity contribution in [3.8, 4) is 0 Å². The summed E-state index contributed by atoms with van der Waals surface area (Å²) < 4.78 is 67.2. The van der Waals surface area contributed by atoms with E-state index in [1.165, 1.54) is 28.6 Å². The van der Waals surface area contributed by atoms with Gasteiger partial charge in [-0.2, -0.15) is 17.5 Å². The molecule has 1 fully saturated rings. The van der Waals surface area contributed by atoms with Crippen molar-refractivity contribution in [1.82, 2.24) is 9.62 Å². The molecule has 1 aromatic rings. The average Bonchev–Trinajstić information content (AvgIpc) is 2.53. The zero-order valence-corrected chi connectivity index (χ0v) is 12.8. The predicted molar refractivity (Wildman–Crippen MR) is 74.4 cm³/mol. The van der Waals surface area contributed by atoms with Crippen LogP contribution in [-0.2, 0) is 14.8 Å². The molecule has 128 valence electrons. The first-order chi connectivity index (χ1) is 10.7. The van der Waals surface area contributed by atoms with E-state index in [2.05, 4.69) is 0 Å². The molecule has 1 aromatic carbocycles. The van der Waals surface area contributed by atoms with E-state index < -0.39 is 28.7 Å². The number of nitrogens with zero attached hydrogens (tertiary/aromatic N) is 1. The maximum Gasteiger partial charge on any atom is 0.405 e. The van der Waals surface area contributed by atoms with Crippen LogP contribution in [-0.4, -0.2) is 57.7 Å². The van der Waals surface area contributed by atoms with Crippen molar-refractivity contribution in [2.24, 2.45) is 0 Å². The van der Waals surface area contributed by atoms with Crippen molar-refractivity contribution in [2.45, 2.75) is 11.1 Å². The van der Waals surface area contributed by atoms with E-state index in [0.717, 1.165) is 0 Å². The van der Waals surface area contributed by atoms with E-state index in [1.807, 2.05) is 0 Å². The lowest BCUT2D eigenvalue weighted by molar-refractivity contribution is -0.123. The van der Waals surface area contributed by atoms with Gasteiger partial charge in [0.25, 0.3) is 5.91 Å². The number of carbonyl (C=O) groups is 1. The molecule has 1 aliphatic heterocycles. The van der Waals surface area contributed by atoms with Gasteiger partial charge in [-0.1, -0.05) is 0 Å². The van der Waals surface area contributed by atoms with Crippen molar-refractivity contribution in [3.63, 3.8) is 0 Å². The van der Waals surface area contributed by atoms with Gasteiger partial charge in [0.1, 0.15) is 6.54 Å². The van der Waals surface area contributed by atoms with Gasteiger partial charge in [0, 0.05) is 18.7 Å². The van der Waals surface area contributed by atoms with Crippen LogP contribution in [0.3, 0.4) is 0 Å². The van der Waals surface area contributed by atoms with Crippen LogP contribution in [0.4, 0.5) is 13.2 Å². The lowest BCUT2D eigenvalue weighted by Gasteiger charge is -2.26. The maximum absolute atomic E-state index is 12.3. The molecule has 0 bridgehead atoms. The minimum absolute atomic E-state index is 0.0215. The monoisotopic (exact) mass is 352 g/mol. The molecule has 0 aromatic heterocycles. The first-order valence-electron chi connectivity index (χ1n) is 6.73. The zero-order valence-electron chi connectivity index (χ0n) is 12.0. The minimum atomic E-state index is -4.50. The van der Waals surface area contributed by atoms with Crippen molar-refractivity contribution in [2.75, 3.05) is 32.8 Å². The molecular formula is C13H15F3N2O4S. The van der Waals surface area contributed by atoms with Gasteiger partial charge >= 0.3 is 6.18 Å². The Labute approximate surface area is 131 Å². The molecule has 1 aliphatic rings. The van der Waals surface area contributed by atoms with Crippen LogP contribution < -0.4 is 5.32 Å². The highest BCUT2D eigenvalue weighted by atomic mass is 32.2. The number of carbonyl (C=O) groups excluding carboxylic acids is 1. The van der Waals surface area contributed by atoms with Crippen molar-refractivity contribution in [3.05, 3.63) is 29.8 Å². The number of amides is 1. The number of hydrogen-bond acceptors (Lipinski definition) is 4. The summed E-state index contributed by atoms with van der Waals surface area (Å²) >= 11 is 0. The highest BCUT2D eigenvalue weighted by Crippen LogP contribution is 2.18. The van der Waals surface area contributed by atoms with Crippen LogP contribution in [0, 0.1) is 0 Å². The second kappa shape index (κ2) is 6.85. The van der Waals surface area contributed by atoms with Crippen LogP contribution in [0.15, 0.2) is 29.2 Å². The molecule has 0 spiro atoms. The van der Waals surface area contributed by atoms with Crippen molar-refractivity contribution in [1.29, 1.82) is 0 Å². The van der Waals surface area contributed by atoms with E-state index in [4.69, 9.17) is 4.74 Å². The molecule has 1 N–H and O–H groups in total. The second-order valence-electron chi connectivity index (χ2n) is 4.84. The molecule has 1 saturated heterocycles. The number of rotatable bonds is 4. The summed E-state index contributed by atoms with van der Waals surface area (Å²) in [5.41, 5.74) is -0.0461. The topological polar surface area (TPSA) is 75.7 Å². The first-order valence-corrected chi connectivity index (χ1v) is 8.17. The van der Waals surface area contributed by atoms with Gasteiger partial charge < -0.3 is 10.1 Å². The highest BCUT2D eigenvalue weighted by Gasteiger charge is 2.28. The molecule has 23 heavy (non-hydrogen) atoms. The highest BCUT2D eigenvalue weighted by molar-refractivity contribution is 7.89. The van der Waals surface area contributed by atoms with Gasteiger partial charge in [-0.25, -0.2) is 8.42 Å². The maximum atomic E-state index is 12.3. The number of hydrogen-bond donors (Lipinski definition) is 1. The Hall–Kier alpha value is -1.65. The van der Waals surface area contributed by atoms with Gasteiger partial charge in [0.05, 0.1) is 18.1 Å². The molecule has 1 heterocycles. The van der Waals surface area contributed by atoms with Crippen molar-refractivity contribution < 1.29 is 31.1 Å². The quantitative estimate of drug-likeness (QED) is 0.877. The molecule has 10 heteroatoms. The smallest absolute Gasteiger partial charge is 0.379 e. The van der Waals surface area contributed by atoms with Crippen LogP contribution >= 0.6 is 0 Å². The van der Waals surface area contributed by atoms with Crippen LogP contribution in [0.2, 0.25) is 0 Å². The summed E-state index contributed by atoms with van der Waals surface area (Å²) in [6.45, 7) is -0.375. The summed E-state index contributed by atoms with van der Waals surface area (Å²) in [5, 5.41) is 1.72. The van der Waals surface area contributed by atoms with Crippen LogP contribution in [0.25, 0.3) is 0 Å². The molecule has 0 atom stereocenters. The largest absolute Gasteiger partial charge is 0.405 e. The summed E-state index contributed by atoms with van der Waals surface area (Å²) in [7, 11) is -3.70. The number of alkyl halides is 3. The molecule has 1 amide bonds. The van der Waals surface area contributed by atoms with Gasteiger partial charge in [-0.05, 0) is 24.3 Å². The van der Waals surface area contributed by atoms with Gasteiger partial charge in [0.15, 0.2) is 0 Å². The normalized spacial score (nSPS) is 17.0. The molecule has 0 aliphatic carbocycles. The molecule has 0 saturated carbocycles. The van der Waals surface area contributed by atoms with E-state index in [0.29, 0.717) is 13.2 Å². The average molecular weight is 352 g/mol. The molecular weight excluding hydrogens is 337 g/mol. The fourth-order valence-electron chi connectivity index (χ4n) is 2.00. The SMILES string of the molecule is O=C(NCC(F)(F)F)c1ccc(S(=O)(=O)N2CCOCC2)cc1. The third-order valence-electron chi connectivity index (χ3n) is 3.17. The Kier molecular flexibility index (Phi) is 5.27. The summed E-state index contributed by atoms with van der Waals surface area (Å²) in [5.74, 6) is -0.919. The van der Waals surface area contributed by atoms with Gasteiger partial charge in [-0.15, -0.1) is 0 Å². The third kappa shape index (κ3) is 4.66. The van der Waals surface area contributed by atoms with Crippen LogP contribution in [0.5, 0.6) is 0 Å². The lowest BCUT2D eigenvalue weighted by Crippen LogP contribution is -2.40. The number of benzene rings is 1. The van der Waals surface area contributed by atoms with E-state index >= 15 is 0 Å². The Balaban J connectivity index is 2.08. The Morgan fingerprint density at radius 2 is 1.74 bits per heavy atom. The van der Waals surface area contributed by atoms with E-state index in [1.54, 1.807) is 5.32 Å². The fraction of sp³-hybridized carbons (Fsp3) is 0.462. The molecule has 0 unspecified atom stereocenters. The lowest BCUT2D eigenvalue weighted by atomic mass is 10.2. The fourth-order valence-corrected chi connectivity index (χ4v) is 3.40. The molecule has 0 radical (unpaired) electrons. The number of morpholine rings is 1. The summed E-state index contributed by atoms with van der Waals surface area (Å²) in [6, 6.07) is 4.76. The van der Waals surface area contributed by atoms with Crippen molar-refractivity contribution >= 4 is 15.9 Å². The first kappa shape index (κ1) is 17.7. The van der Waals surface area contributed by atoms with Crippen LogP contribution in [0.1, 0.15) is 10.4 Å². The zero-order chi connectivity index (χ0) is 17.1. The third-order valence-corrected chi connectivity index (χ3v) is 5.09. The Bertz CT molecular complexity index is 653.